The number of aromatic nitrogens is 1. The Kier molecular flexibility index (Phi) is 9.33. The van der Waals surface area contributed by atoms with Crippen molar-refractivity contribution in [1.29, 1.82) is 0 Å². The van der Waals surface area contributed by atoms with E-state index in [2.05, 4.69) is 15.6 Å². The molecule has 2 aliphatic rings. The number of carboxylic acids is 1. The van der Waals surface area contributed by atoms with Crippen molar-refractivity contribution in [2.45, 2.75) is 70.9 Å². The van der Waals surface area contributed by atoms with Gasteiger partial charge in [-0.15, -0.1) is 11.3 Å². The lowest BCUT2D eigenvalue weighted by atomic mass is 9.79. The van der Waals surface area contributed by atoms with Crippen LogP contribution >= 0.6 is 11.3 Å². The zero-order chi connectivity index (χ0) is 30.8. The van der Waals surface area contributed by atoms with Gasteiger partial charge in [0.15, 0.2) is 5.79 Å². The number of alkyl halides is 1. The van der Waals surface area contributed by atoms with E-state index < -0.39 is 65.6 Å². The number of hydrogen-bond acceptors (Lipinski definition) is 8. The van der Waals surface area contributed by atoms with Gasteiger partial charge in [-0.1, -0.05) is 45.0 Å². The van der Waals surface area contributed by atoms with Crippen LogP contribution in [0.1, 0.15) is 57.2 Å². The SMILES string of the molecule is Cc1ncsc1-c1ccc(C(COCC(=O)O)C(=O)N[C@@H]2C[C@@H](O)CN2C(=O)[C@H](C(=O)NC2(F)CC2)C(C)(C)C)cc1. The first-order chi connectivity index (χ1) is 19.7. The summed E-state index contributed by atoms with van der Waals surface area (Å²) >= 11 is 1.49. The topological polar surface area (TPSA) is 158 Å². The lowest BCUT2D eigenvalue weighted by molar-refractivity contribution is -0.149. The predicted molar refractivity (Wildman–Crippen MR) is 152 cm³/mol. The van der Waals surface area contributed by atoms with Crippen LogP contribution in [0.4, 0.5) is 4.39 Å². The maximum Gasteiger partial charge on any atom is 0.329 e. The molecule has 1 saturated carbocycles. The zero-order valence-electron chi connectivity index (χ0n) is 24.1. The van der Waals surface area contributed by atoms with Gasteiger partial charge in [0, 0.05) is 25.8 Å². The molecule has 1 saturated heterocycles. The number of likely N-dealkylation sites (tertiary alicyclic amines) is 1. The molecule has 4 N–H and O–H groups in total. The standard InChI is InChI=1S/C29H37FN4O7S/c1-16-24(42-15-31-16)18-7-5-17(6-8-18)20(13-41-14-22(36)37)25(38)32-21-11-19(35)12-34(21)27(40)23(28(2,3)4)26(39)33-29(30)9-10-29/h5-8,15,19-21,23,35H,9-14H2,1-4H3,(H,32,38)(H,33,39)(H,36,37)/t19-,20?,21+,23+/m1/s1. The Morgan fingerprint density at radius 3 is 2.40 bits per heavy atom. The summed E-state index contributed by atoms with van der Waals surface area (Å²) in [5.41, 5.74) is 3.21. The van der Waals surface area contributed by atoms with Crippen molar-refractivity contribution >= 4 is 35.0 Å². The molecular weight excluding hydrogens is 567 g/mol. The summed E-state index contributed by atoms with van der Waals surface area (Å²) in [4.78, 5) is 57.9. The molecule has 13 heteroatoms. The molecule has 0 bridgehead atoms. The molecule has 1 unspecified atom stereocenters. The molecule has 1 aliphatic carbocycles. The average molecular weight is 605 g/mol. The van der Waals surface area contributed by atoms with Gasteiger partial charge in [-0.05, 0) is 23.5 Å². The van der Waals surface area contributed by atoms with Crippen molar-refractivity contribution in [3.63, 3.8) is 0 Å². The number of carbonyl (C=O) groups is 4. The van der Waals surface area contributed by atoms with Crippen molar-refractivity contribution in [3.8, 4) is 10.4 Å². The Hall–Kier alpha value is -3.42. The third-order valence-electron chi connectivity index (χ3n) is 7.43. The van der Waals surface area contributed by atoms with Gasteiger partial charge in [-0.25, -0.2) is 14.2 Å². The minimum atomic E-state index is -1.81. The van der Waals surface area contributed by atoms with Crippen LogP contribution in [-0.4, -0.2) is 81.6 Å². The second-order valence-corrected chi connectivity index (χ2v) is 12.9. The number of carbonyl (C=O) groups excluding carboxylic acids is 3. The summed E-state index contributed by atoms with van der Waals surface area (Å²) in [5, 5.41) is 24.6. The van der Waals surface area contributed by atoms with Crippen LogP contribution in [0.5, 0.6) is 0 Å². The van der Waals surface area contributed by atoms with Crippen LogP contribution in [0.3, 0.4) is 0 Å². The van der Waals surface area contributed by atoms with Crippen molar-refractivity contribution in [2.24, 2.45) is 11.3 Å². The molecule has 0 spiro atoms. The number of benzene rings is 1. The van der Waals surface area contributed by atoms with E-state index in [4.69, 9.17) is 9.84 Å². The molecular formula is C29H37FN4O7S. The molecule has 3 amide bonds. The van der Waals surface area contributed by atoms with Gasteiger partial charge in [0.05, 0.1) is 34.7 Å². The molecule has 42 heavy (non-hydrogen) atoms. The molecule has 2 fully saturated rings. The van der Waals surface area contributed by atoms with Gasteiger partial charge < -0.3 is 30.5 Å². The number of aryl methyl sites for hydroxylation is 1. The number of carboxylic acid groups (broad SMARTS) is 1. The van der Waals surface area contributed by atoms with E-state index in [0.717, 1.165) is 16.1 Å². The molecule has 4 atom stereocenters. The van der Waals surface area contributed by atoms with Crippen molar-refractivity contribution in [3.05, 3.63) is 41.0 Å². The number of amides is 3. The van der Waals surface area contributed by atoms with Crippen LogP contribution < -0.4 is 10.6 Å². The summed E-state index contributed by atoms with van der Waals surface area (Å²) in [7, 11) is 0. The molecule has 228 valence electrons. The summed E-state index contributed by atoms with van der Waals surface area (Å²) in [6, 6.07) is 7.18. The Morgan fingerprint density at radius 2 is 1.86 bits per heavy atom. The van der Waals surface area contributed by atoms with E-state index in [9.17, 15) is 28.7 Å². The molecule has 0 radical (unpaired) electrons. The number of nitrogens with zero attached hydrogens (tertiary/aromatic N) is 2. The fourth-order valence-corrected chi connectivity index (χ4v) is 5.87. The first-order valence-electron chi connectivity index (χ1n) is 13.8. The molecule has 1 aromatic heterocycles. The normalized spacial score (nSPS) is 21.0. The molecule has 1 aliphatic heterocycles. The second-order valence-electron chi connectivity index (χ2n) is 12.0. The number of nitrogens with one attached hydrogen (secondary N) is 2. The highest BCUT2D eigenvalue weighted by molar-refractivity contribution is 7.13. The number of hydrogen-bond donors (Lipinski definition) is 4. The third kappa shape index (κ3) is 7.50. The van der Waals surface area contributed by atoms with Gasteiger partial charge in [0.2, 0.25) is 17.7 Å². The van der Waals surface area contributed by atoms with E-state index in [1.807, 2.05) is 19.1 Å². The van der Waals surface area contributed by atoms with Gasteiger partial charge in [0.25, 0.3) is 0 Å². The minimum Gasteiger partial charge on any atom is -0.480 e. The molecule has 1 aromatic carbocycles. The first kappa shape index (κ1) is 31.5. The Bertz CT molecular complexity index is 1320. The Balaban J connectivity index is 1.54. The highest BCUT2D eigenvalue weighted by Crippen LogP contribution is 2.39. The summed E-state index contributed by atoms with van der Waals surface area (Å²) in [5.74, 6) is -7.10. The number of aliphatic hydroxyl groups is 1. The van der Waals surface area contributed by atoms with Crippen LogP contribution in [0.25, 0.3) is 10.4 Å². The first-order valence-corrected chi connectivity index (χ1v) is 14.7. The summed E-state index contributed by atoms with van der Waals surface area (Å²) in [6.45, 7) is 6.02. The lowest BCUT2D eigenvalue weighted by Gasteiger charge is -2.35. The fraction of sp³-hybridized carbons (Fsp3) is 0.552. The van der Waals surface area contributed by atoms with E-state index >= 15 is 0 Å². The smallest absolute Gasteiger partial charge is 0.329 e. The third-order valence-corrected chi connectivity index (χ3v) is 8.41. The van der Waals surface area contributed by atoms with Crippen LogP contribution in [0, 0.1) is 18.3 Å². The number of aliphatic hydroxyl groups excluding tert-OH is 1. The number of aliphatic carboxylic acids is 1. The second kappa shape index (κ2) is 12.4. The highest BCUT2D eigenvalue weighted by Gasteiger charge is 2.50. The molecule has 2 aromatic rings. The molecule has 4 rings (SSSR count). The van der Waals surface area contributed by atoms with E-state index in [1.54, 1.807) is 38.4 Å². The van der Waals surface area contributed by atoms with Crippen molar-refractivity contribution < 1.29 is 38.5 Å². The van der Waals surface area contributed by atoms with Crippen LogP contribution in [-0.2, 0) is 23.9 Å². The van der Waals surface area contributed by atoms with E-state index in [0.29, 0.717) is 5.56 Å². The molecule has 11 nitrogen and oxygen atoms in total. The maximum absolute atomic E-state index is 14.4. The zero-order valence-corrected chi connectivity index (χ0v) is 24.9. The van der Waals surface area contributed by atoms with Gasteiger partial charge in [0.1, 0.15) is 18.7 Å². The van der Waals surface area contributed by atoms with Gasteiger partial charge >= 0.3 is 5.97 Å². The van der Waals surface area contributed by atoms with Crippen molar-refractivity contribution in [1.82, 2.24) is 20.5 Å². The quantitative estimate of drug-likeness (QED) is 0.225. The number of halogens is 1. The highest BCUT2D eigenvalue weighted by atomic mass is 32.1. The number of β-amino-alcohol motifs (C(OH)–C–C–N with tert-alkyl or cyclic N) is 1. The largest absolute Gasteiger partial charge is 0.480 e. The van der Waals surface area contributed by atoms with Gasteiger partial charge in [-0.3, -0.25) is 14.4 Å². The maximum atomic E-state index is 14.4. The fourth-order valence-electron chi connectivity index (χ4n) is 5.06. The monoisotopic (exact) mass is 604 g/mol. The van der Waals surface area contributed by atoms with Crippen LogP contribution in [0.2, 0.25) is 0 Å². The van der Waals surface area contributed by atoms with E-state index in [-0.39, 0.29) is 32.4 Å². The number of ether oxygens (including phenoxy) is 1. The number of thiazole rings is 1. The van der Waals surface area contributed by atoms with Gasteiger partial charge in [-0.2, -0.15) is 0 Å². The lowest BCUT2D eigenvalue weighted by Crippen LogP contribution is -2.55. The average Bonchev–Trinajstić information content (AvgIpc) is 3.26. The van der Waals surface area contributed by atoms with E-state index in [1.165, 1.54) is 16.2 Å². The predicted octanol–water partition coefficient (Wildman–Crippen LogP) is 2.58. The number of rotatable bonds is 11. The van der Waals surface area contributed by atoms with Crippen molar-refractivity contribution in [2.75, 3.05) is 19.8 Å². The summed E-state index contributed by atoms with van der Waals surface area (Å²) < 4.78 is 19.7. The van der Waals surface area contributed by atoms with Crippen LogP contribution in [0.15, 0.2) is 29.8 Å². The Labute approximate surface area is 247 Å². The Morgan fingerprint density at radius 1 is 1.19 bits per heavy atom. The summed E-state index contributed by atoms with van der Waals surface area (Å²) in [6.07, 6.45) is -1.52. The minimum absolute atomic E-state index is 0.0231. The molecule has 2 heterocycles.